The third-order valence-electron chi connectivity index (χ3n) is 3.12. The number of rotatable bonds is 7. The number of esters is 1. The molecule has 0 aliphatic carbocycles. The molecule has 0 saturated heterocycles. The van der Waals surface area contributed by atoms with E-state index in [0.717, 1.165) is 0 Å². The van der Waals surface area contributed by atoms with Gasteiger partial charge in [0.15, 0.2) is 0 Å². The first kappa shape index (κ1) is 28.3. The van der Waals surface area contributed by atoms with Crippen LogP contribution >= 0.6 is 0 Å². The number of benzene rings is 1. The number of amides is 3. The molecule has 0 aromatic heterocycles. The molecule has 5 N–H and O–H groups in total. The van der Waals surface area contributed by atoms with Gasteiger partial charge in [0.25, 0.3) is 0 Å². The summed E-state index contributed by atoms with van der Waals surface area (Å²) in [4.78, 5) is 42.8. The fourth-order valence-corrected chi connectivity index (χ4v) is 1.94. The molecule has 0 heterocycles. The van der Waals surface area contributed by atoms with E-state index in [1.165, 1.54) is 5.56 Å². The fraction of sp³-hybridized carbons (Fsp3) is 0.524. The maximum atomic E-state index is 11.9. The van der Waals surface area contributed by atoms with Gasteiger partial charge >= 0.3 is 5.97 Å². The Kier molecular flexibility index (Phi) is 15.7. The van der Waals surface area contributed by atoms with Gasteiger partial charge in [0, 0.05) is 12.8 Å². The maximum Gasteiger partial charge on any atom is 0.329 e. The van der Waals surface area contributed by atoms with Crippen LogP contribution in [0.25, 0.3) is 0 Å². The molecule has 0 aliphatic rings. The summed E-state index contributed by atoms with van der Waals surface area (Å²) in [6.07, 6.45) is 1.44. The van der Waals surface area contributed by atoms with Crippen molar-refractivity contribution in [2.45, 2.75) is 71.9 Å². The van der Waals surface area contributed by atoms with Gasteiger partial charge in [-0.3, -0.25) is 14.4 Å². The van der Waals surface area contributed by atoms with Crippen LogP contribution in [0.1, 0.15) is 58.9 Å². The summed E-state index contributed by atoms with van der Waals surface area (Å²) in [5, 5.41) is 2.57. The number of primary amides is 2. The Hall–Kier alpha value is -2.90. The zero-order valence-corrected chi connectivity index (χ0v) is 18.1. The highest BCUT2D eigenvalue weighted by Gasteiger charge is 2.26. The molecule has 0 bridgehead atoms. The number of aryl methyl sites for hydroxylation is 1. The first-order valence-corrected chi connectivity index (χ1v) is 9.44. The molecule has 1 unspecified atom stereocenters. The molecule has 0 radical (unpaired) electrons. The third kappa shape index (κ3) is 19.7. The van der Waals surface area contributed by atoms with Gasteiger partial charge in [0.1, 0.15) is 11.6 Å². The number of nitrogens with one attached hydrogen (secondary N) is 1. The quantitative estimate of drug-likeness (QED) is 0.466. The number of hydrogen-bond acceptors (Lipinski definition) is 5. The topological polar surface area (TPSA) is 142 Å². The van der Waals surface area contributed by atoms with E-state index in [0.29, 0.717) is 12.8 Å². The average molecular weight is 410 g/mol. The van der Waals surface area contributed by atoms with Crippen molar-refractivity contribution in [3.05, 3.63) is 35.9 Å². The second-order valence-electron chi connectivity index (χ2n) is 7.20. The van der Waals surface area contributed by atoms with Crippen LogP contribution in [0.4, 0.5) is 0 Å². The first-order chi connectivity index (χ1) is 13.5. The Morgan fingerprint density at radius 3 is 2.00 bits per heavy atom. The average Bonchev–Trinajstić information content (AvgIpc) is 2.59. The molecule has 29 heavy (non-hydrogen) atoms. The minimum atomic E-state index is -0.828. The van der Waals surface area contributed by atoms with Crippen molar-refractivity contribution in [1.82, 2.24) is 5.32 Å². The van der Waals surface area contributed by atoms with Crippen molar-refractivity contribution in [2.75, 3.05) is 0 Å². The standard InChI is InChI=1S/C13H24N2O4.C7H8.CH3NO/c1-5-6-11(17)15-9(7-8-10(14)16)12(18)19-13(2,3)4;1-7-5-3-2-4-6-7;2-1-3/h9H,5-8H2,1-4H3,(H2,14,16)(H,15,17);2-6H,1H3;1H,(H2,2,3). The van der Waals surface area contributed by atoms with Crippen LogP contribution in [-0.4, -0.2) is 35.8 Å². The predicted molar refractivity (Wildman–Crippen MR) is 113 cm³/mol. The van der Waals surface area contributed by atoms with E-state index in [1.807, 2.05) is 25.1 Å². The normalized spacial score (nSPS) is 10.8. The van der Waals surface area contributed by atoms with Crippen molar-refractivity contribution in [1.29, 1.82) is 0 Å². The fourth-order valence-electron chi connectivity index (χ4n) is 1.94. The lowest BCUT2D eigenvalue weighted by Crippen LogP contribution is -2.44. The Labute approximate surface area is 173 Å². The molecule has 1 aromatic rings. The van der Waals surface area contributed by atoms with Crippen molar-refractivity contribution < 1.29 is 23.9 Å². The molecule has 1 rings (SSSR count). The molecular formula is C21H35N3O5. The number of carbonyl (C=O) groups excluding carboxylic acids is 4. The maximum absolute atomic E-state index is 11.9. The summed E-state index contributed by atoms with van der Waals surface area (Å²) in [6.45, 7) is 9.17. The molecule has 0 aliphatic heterocycles. The summed E-state index contributed by atoms with van der Waals surface area (Å²) in [6, 6.07) is 9.43. The second kappa shape index (κ2) is 16.1. The molecule has 8 nitrogen and oxygen atoms in total. The van der Waals surface area contributed by atoms with Crippen LogP contribution in [-0.2, 0) is 23.9 Å². The molecule has 0 saturated carbocycles. The van der Waals surface area contributed by atoms with Crippen LogP contribution in [0.15, 0.2) is 30.3 Å². The highest BCUT2D eigenvalue weighted by atomic mass is 16.6. The molecule has 1 atom stereocenters. The molecule has 3 amide bonds. The summed E-state index contributed by atoms with van der Waals surface area (Å²) in [7, 11) is 0. The SMILES string of the molecule is CCCC(=O)NC(CCC(N)=O)C(=O)OC(C)(C)C.Cc1ccccc1.NC=O. The van der Waals surface area contributed by atoms with Gasteiger partial charge in [-0.15, -0.1) is 0 Å². The van der Waals surface area contributed by atoms with Gasteiger partial charge in [-0.25, -0.2) is 4.79 Å². The van der Waals surface area contributed by atoms with Crippen LogP contribution in [0.2, 0.25) is 0 Å². The van der Waals surface area contributed by atoms with E-state index in [-0.39, 0.29) is 25.2 Å². The minimum Gasteiger partial charge on any atom is -0.458 e. The first-order valence-electron chi connectivity index (χ1n) is 9.44. The lowest BCUT2D eigenvalue weighted by Gasteiger charge is -2.24. The Bertz CT molecular complexity index is 612. The second-order valence-corrected chi connectivity index (χ2v) is 7.20. The summed E-state index contributed by atoms with van der Waals surface area (Å²) in [5.41, 5.74) is 9.90. The van der Waals surface area contributed by atoms with E-state index >= 15 is 0 Å². The minimum absolute atomic E-state index is 0.0241. The van der Waals surface area contributed by atoms with E-state index in [2.05, 4.69) is 30.1 Å². The van der Waals surface area contributed by atoms with Gasteiger partial charge in [0.2, 0.25) is 18.2 Å². The zero-order valence-electron chi connectivity index (χ0n) is 18.1. The van der Waals surface area contributed by atoms with Gasteiger partial charge in [0.05, 0.1) is 0 Å². The smallest absolute Gasteiger partial charge is 0.329 e. The number of ether oxygens (including phenoxy) is 1. The molecule has 0 fully saturated rings. The van der Waals surface area contributed by atoms with Gasteiger partial charge in [-0.05, 0) is 40.5 Å². The molecule has 164 valence electrons. The predicted octanol–water partition coefficient (Wildman–Crippen LogP) is 1.98. The van der Waals surface area contributed by atoms with E-state index in [9.17, 15) is 14.4 Å². The Balaban J connectivity index is 0. The highest BCUT2D eigenvalue weighted by molar-refractivity contribution is 5.85. The number of hydrogen-bond donors (Lipinski definition) is 3. The van der Waals surface area contributed by atoms with Crippen LogP contribution in [0, 0.1) is 6.92 Å². The van der Waals surface area contributed by atoms with Gasteiger partial charge in [-0.2, -0.15) is 0 Å². The largest absolute Gasteiger partial charge is 0.458 e. The summed E-state index contributed by atoms with van der Waals surface area (Å²) < 4.78 is 5.21. The monoisotopic (exact) mass is 409 g/mol. The Morgan fingerprint density at radius 2 is 1.66 bits per heavy atom. The summed E-state index contributed by atoms with van der Waals surface area (Å²) in [5.74, 6) is -1.29. The van der Waals surface area contributed by atoms with Gasteiger partial charge in [-0.1, -0.05) is 42.8 Å². The highest BCUT2D eigenvalue weighted by Crippen LogP contribution is 2.11. The molecule has 0 spiro atoms. The van der Waals surface area contributed by atoms with Gasteiger partial charge < -0.3 is 21.5 Å². The Morgan fingerprint density at radius 1 is 1.14 bits per heavy atom. The number of carbonyl (C=O) groups is 4. The molecule has 1 aromatic carbocycles. The third-order valence-corrected chi connectivity index (χ3v) is 3.12. The number of nitrogens with two attached hydrogens (primary N) is 2. The lowest BCUT2D eigenvalue weighted by molar-refractivity contribution is -0.158. The van der Waals surface area contributed by atoms with Crippen LogP contribution in [0.5, 0.6) is 0 Å². The van der Waals surface area contributed by atoms with Crippen molar-refractivity contribution >= 4 is 24.2 Å². The molecular weight excluding hydrogens is 374 g/mol. The molecule has 8 heteroatoms. The van der Waals surface area contributed by atoms with E-state index < -0.39 is 23.5 Å². The summed E-state index contributed by atoms with van der Waals surface area (Å²) >= 11 is 0. The van der Waals surface area contributed by atoms with Crippen LogP contribution in [0.3, 0.4) is 0 Å². The van der Waals surface area contributed by atoms with E-state index in [1.54, 1.807) is 20.8 Å². The van der Waals surface area contributed by atoms with Crippen LogP contribution < -0.4 is 16.8 Å². The zero-order chi connectivity index (χ0) is 22.9. The van der Waals surface area contributed by atoms with Crippen molar-refractivity contribution in [2.24, 2.45) is 11.5 Å². The lowest BCUT2D eigenvalue weighted by atomic mass is 10.1. The van der Waals surface area contributed by atoms with Crippen molar-refractivity contribution in [3.8, 4) is 0 Å². The van der Waals surface area contributed by atoms with E-state index in [4.69, 9.17) is 15.3 Å². The van der Waals surface area contributed by atoms with Crippen molar-refractivity contribution in [3.63, 3.8) is 0 Å².